The zero-order valence-corrected chi connectivity index (χ0v) is 15.6. The second kappa shape index (κ2) is 8.02. The van der Waals surface area contributed by atoms with Crippen molar-refractivity contribution in [2.75, 3.05) is 19.5 Å². The van der Waals surface area contributed by atoms with Crippen LogP contribution in [0.4, 0.5) is 5.69 Å². The molecule has 0 aliphatic carbocycles. The summed E-state index contributed by atoms with van der Waals surface area (Å²) in [7, 11) is 3.26. The Labute approximate surface area is 149 Å². The van der Waals surface area contributed by atoms with E-state index in [1.54, 1.807) is 14.2 Å². The molecule has 4 nitrogen and oxygen atoms in total. The van der Waals surface area contributed by atoms with E-state index >= 15 is 0 Å². The molecule has 2 N–H and O–H groups in total. The molecule has 0 aromatic heterocycles. The maximum absolute atomic E-state index is 5.45. The van der Waals surface area contributed by atoms with Gasteiger partial charge in [0.15, 0.2) is 16.6 Å². The standard InChI is InChI=1S/C19H24N2O2S/c1-12-7-6-8-16(13(12)2)21-19(24)20-14(3)15-9-10-17(22-4)18(11-15)23-5/h6-11,14H,1-5H3,(H2,20,21,24). The third-order valence-electron chi connectivity index (χ3n) is 4.11. The van der Waals surface area contributed by atoms with Crippen molar-refractivity contribution in [2.24, 2.45) is 0 Å². The Balaban J connectivity index is 2.07. The molecule has 2 aromatic carbocycles. The molecular weight excluding hydrogens is 320 g/mol. The second-order valence-electron chi connectivity index (χ2n) is 5.68. The molecule has 128 valence electrons. The summed E-state index contributed by atoms with van der Waals surface area (Å²) < 4.78 is 10.6. The van der Waals surface area contributed by atoms with Gasteiger partial charge in [0.1, 0.15) is 0 Å². The topological polar surface area (TPSA) is 42.5 Å². The van der Waals surface area contributed by atoms with Gasteiger partial charge < -0.3 is 20.1 Å². The zero-order valence-electron chi connectivity index (χ0n) is 14.8. The number of ether oxygens (including phenoxy) is 2. The number of methoxy groups -OCH3 is 2. The van der Waals surface area contributed by atoms with E-state index in [1.165, 1.54) is 11.1 Å². The van der Waals surface area contributed by atoms with Crippen LogP contribution in [0.5, 0.6) is 11.5 Å². The van der Waals surface area contributed by atoms with Gasteiger partial charge in [-0.15, -0.1) is 0 Å². The van der Waals surface area contributed by atoms with Crippen LogP contribution in [0, 0.1) is 13.8 Å². The lowest BCUT2D eigenvalue weighted by molar-refractivity contribution is 0.354. The van der Waals surface area contributed by atoms with Gasteiger partial charge in [0.25, 0.3) is 0 Å². The lowest BCUT2D eigenvalue weighted by Crippen LogP contribution is -2.31. The van der Waals surface area contributed by atoms with Gasteiger partial charge in [-0.2, -0.15) is 0 Å². The van der Waals surface area contributed by atoms with Crippen molar-refractivity contribution in [1.82, 2.24) is 5.32 Å². The van der Waals surface area contributed by atoms with Crippen LogP contribution in [0.3, 0.4) is 0 Å². The van der Waals surface area contributed by atoms with Crippen LogP contribution in [0.25, 0.3) is 0 Å². The van der Waals surface area contributed by atoms with Crippen molar-refractivity contribution in [2.45, 2.75) is 26.8 Å². The molecule has 0 aliphatic rings. The fourth-order valence-corrected chi connectivity index (χ4v) is 2.73. The van der Waals surface area contributed by atoms with Crippen molar-refractivity contribution in [1.29, 1.82) is 0 Å². The van der Waals surface area contributed by atoms with Gasteiger partial charge in [-0.3, -0.25) is 0 Å². The quantitative estimate of drug-likeness (QED) is 0.789. The summed E-state index contributed by atoms with van der Waals surface area (Å²) in [5.74, 6) is 1.42. The van der Waals surface area contributed by atoms with Crippen LogP contribution in [0.1, 0.15) is 29.7 Å². The predicted octanol–water partition coefficient (Wildman–Crippen LogP) is 4.37. The highest BCUT2D eigenvalue weighted by Crippen LogP contribution is 2.30. The first kappa shape index (κ1) is 18.1. The minimum Gasteiger partial charge on any atom is -0.493 e. The number of benzene rings is 2. The SMILES string of the molecule is COc1ccc(C(C)NC(=S)Nc2cccc(C)c2C)cc1OC. The average Bonchev–Trinajstić information content (AvgIpc) is 2.58. The fourth-order valence-electron chi connectivity index (χ4n) is 2.45. The molecule has 24 heavy (non-hydrogen) atoms. The highest BCUT2D eigenvalue weighted by molar-refractivity contribution is 7.80. The Kier molecular flexibility index (Phi) is 6.04. The second-order valence-corrected chi connectivity index (χ2v) is 6.09. The van der Waals surface area contributed by atoms with Crippen LogP contribution in [0.15, 0.2) is 36.4 Å². The number of anilines is 1. The largest absolute Gasteiger partial charge is 0.493 e. The molecular formula is C19H24N2O2S. The summed E-state index contributed by atoms with van der Waals surface area (Å²) in [5.41, 5.74) is 4.51. The summed E-state index contributed by atoms with van der Waals surface area (Å²) in [6, 6.07) is 12.0. The number of hydrogen-bond donors (Lipinski definition) is 2. The van der Waals surface area contributed by atoms with Crippen molar-refractivity contribution >= 4 is 23.0 Å². The highest BCUT2D eigenvalue weighted by Gasteiger charge is 2.12. The number of aryl methyl sites for hydroxylation is 1. The lowest BCUT2D eigenvalue weighted by atomic mass is 10.1. The first-order chi connectivity index (χ1) is 11.5. The van der Waals surface area contributed by atoms with Crippen molar-refractivity contribution < 1.29 is 9.47 Å². The van der Waals surface area contributed by atoms with E-state index in [0.29, 0.717) is 16.6 Å². The van der Waals surface area contributed by atoms with Gasteiger partial charge in [-0.1, -0.05) is 18.2 Å². The van der Waals surface area contributed by atoms with E-state index in [-0.39, 0.29) is 6.04 Å². The van der Waals surface area contributed by atoms with Crippen LogP contribution in [-0.4, -0.2) is 19.3 Å². The third-order valence-corrected chi connectivity index (χ3v) is 4.33. The number of nitrogens with one attached hydrogen (secondary N) is 2. The minimum absolute atomic E-state index is 0.0370. The Morgan fingerprint density at radius 3 is 2.42 bits per heavy atom. The van der Waals surface area contributed by atoms with E-state index in [9.17, 15) is 0 Å². The van der Waals surface area contributed by atoms with Gasteiger partial charge in [0.2, 0.25) is 0 Å². The first-order valence-corrected chi connectivity index (χ1v) is 8.22. The Morgan fingerprint density at radius 1 is 1.04 bits per heavy atom. The molecule has 2 rings (SSSR count). The van der Waals surface area contributed by atoms with E-state index in [2.05, 4.69) is 37.5 Å². The summed E-state index contributed by atoms with van der Waals surface area (Å²) in [6.07, 6.45) is 0. The molecule has 5 heteroatoms. The predicted molar refractivity (Wildman–Crippen MR) is 103 cm³/mol. The fraction of sp³-hybridized carbons (Fsp3) is 0.316. The molecule has 0 spiro atoms. The van der Waals surface area contributed by atoms with Crippen LogP contribution < -0.4 is 20.1 Å². The molecule has 0 saturated carbocycles. The number of thiocarbonyl (C=S) groups is 1. The molecule has 0 amide bonds. The minimum atomic E-state index is 0.0370. The van der Waals surface area contributed by atoms with Gasteiger partial charge >= 0.3 is 0 Å². The van der Waals surface area contributed by atoms with Crippen LogP contribution in [0.2, 0.25) is 0 Å². The molecule has 0 fully saturated rings. The molecule has 0 bridgehead atoms. The molecule has 0 aliphatic heterocycles. The third kappa shape index (κ3) is 4.17. The van der Waals surface area contributed by atoms with E-state index in [0.717, 1.165) is 11.3 Å². The Bertz CT molecular complexity index is 731. The molecule has 0 radical (unpaired) electrons. The van der Waals surface area contributed by atoms with Crippen molar-refractivity contribution in [3.05, 3.63) is 53.1 Å². The maximum atomic E-state index is 5.45. The smallest absolute Gasteiger partial charge is 0.171 e. The normalized spacial score (nSPS) is 11.5. The van der Waals surface area contributed by atoms with E-state index < -0.39 is 0 Å². The number of hydrogen-bond acceptors (Lipinski definition) is 3. The number of rotatable bonds is 5. The van der Waals surface area contributed by atoms with Gasteiger partial charge in [0.05, 0.1) is 20.3 Å². The molecule has 1 atom stereocenters. The van der Waals surface area contributed by atoms with Gasteiger partial charge in [0, 0.05) is 5.69 Å². The monoisotopic (exact) mass is 344 g/mol. The highest BCUT2D eigenvalue weighted by atomic mass is 32.1. The van der Waals surface area contributed by atoms with Crippen LogP contribution in [-0.2, 0) is 0 Å². The molecule has 0 heterocycles. The zero-order chi connectivity index (χ0) is 17.7. The van der Waals surface area contributed by atoms with Gasteiger partial charge in [-0.25, -0.2) is 0 Å². The summed E-state index contributed by atoms with van der Waals surface area (Å²) in [4.78, 5) is 0. The van der Waals surface area contributed by atoms with Crippen molar-refractivity contribution in [3.63, 3.8) is 0 Å². The van der Waals surface area contributed by atoms with E-state index in [4.69, 9.17) is 21.7 Å². The average molecular weight is 344 g/mol. The lowest BCUT2D eigenvalue weighted by Gasteiger charge is -2.19. The molecule has 0 saturated heterocycles. The van der Waals surface area contributed by atoms with Gasteiger partial charge in [-0.05, 0) is 67.9 Å². The Morgan fingerprint density at radius 2 is 1.75 bits per heavy atom. The molecule has 1 unspecified atom stereocenters. The molecule has 2 aromatic rings. The Hall–Kier alpha value is -2.27. The summed E-state index contributed by atoms with van der Waals surface area (Å²) >= 11 is 5.45. The summed E-state index contributed by atoms with van der Waals surface area (Å²) in [6.45, 7) is 6.22. The maximum Gasteiger partial charge on any atom is 0.171 e. The van der Waals surface area contributed by atoms with Crippen LogP contribution >= 0.6 is 12.2 Å². The van der Waals surface area contributed by atoms with E-state index in [1.807, 2.05) is 30.3 Å². The first-order valence-electron chi connectivity index (χ1n) is 7.82. The van der Waals surface area contributed by atoms with Crippen molar-refractivity contribution in [3.8, 4) is 11.5 Å². The summed E-state index contributed by atoms with van der Waals surface area (Å²) in [5, 5.41) is 7.16.